The number of fused-ring (bicyclic) bond motifs is 2. The van der Waals surface area contributed by atoms with Gasteiger partial charge in [-0.25, -0.2) is 4.98 Å². The van der Waals surface area contributed by atoms with Crippen LogP contribution in [0.3, 0.4) is 0 Å². The van der Waals surface area contributed by atoms with Crippen LogP contribution in [0.2, 0.25) is 0 Å². The third-order valence-electron chi connectivity index (χ3n) is 8.19. The quantitative estimate of drug-likeness (QED) is 0.233. The lowest BCUT2D eigenvalue weighted by atomic mass is 9.87. The lowest BCUT2D eigenvalue weighted by Gasteiger charge is -2.20. The maximum atomic E-state index is 11.0. The van der Waals surface area contributed by atoms with Gasteiger partial charge in [0.15, 0.2) is 0 Å². The van der Waals surface area contributed by atoms with Gasteiger partial charge in [0.1, 0.15) is 11.6 Å². The number of aromatic hydroxyl groups is 1. The molecule has 0 aliphatic carbocycles. The fraction of sp³-hybridized carbons (Fsp3) is 0.128. The van der Waals surface area contributed by atoms with Crippen LogP contribution in [0.15, 0.2) is 121 Å². The van der Waals surface area contributed by atoms with Crippen LogP contribution in [0, 0.1) is 6.92 Å². The van der Waals surface area contributed by atoms with Gasteiger partial charge in [-0.05, 0) is 71.5 Å². The number of phenols is 1. The van der Waals surface area contributed by atoms with E-state index in [0.29, 0.717) is 11.4 Å². The molecule has 0 spiro atoms. The predicted octanol–water partition coefficient (Wildman–Crippen LogP) is 9.89. The standard InChI is InChI=1S/C39H33N3O/c1-25-16-21-35(43)33(23-25)38-41-37-32(14-7-15-34(37)42(38)30-19-17-29(18-20-30)39(2,3)4)28-11-5-10-27(24-28)31-13-6-9-26-12-8-22-40-36(26)31/h5-24,43H,1-4H3. The predicted molar refractivity (Wildman–Crippen MR) is 178 cm³/mol. The Morgan fingerprint density at radius 2 is 1.33 bits per heavy atom. The minimum absolute atomic E-state index is 0.0466. The average molecular weight is 560 g/mol. The Bertz CT molecular complexity index is 2130. The first-order chi connectivity index (χ1) is 20.8. The molecular weight excluding hydrogens is 526 g/mol. The molecule has 2 aromatic heterocycles. The van der Waals surface area contributed by atoms with E-state index in [-0.39, 0.29) is 11.2 Å². The maximum absolute atomic E-state index is 11.0. The van der Waals surface area contributed by atoms with E-state index in [1.54, 1.807) is 6.07 Å². The van der Waals surface area contributed by atoms with Crippen molar-refractivity contribution in [3.8, 4) is 45.1 Å². The molecule has 0 saturated heterocycles. The van der Waals surface area contributed by atoms with E-state index in [2.05, 4.69) is 121 Å². The highest BCUT2D eigenvalue weighted by Gasteiger charge is 2.21. The molecule has 0 fully saturated rings. The summed E-state index contributed by atoms with van der Waals surface area (Å²) in [6.07, 6.45) is 1.85. The molecule has 0 amide bonds. The average Bonchev–Trinajstić information content (AvgIpc) is 3.41. The van der Waals surface area contributed by atoms with Crippen molar-refractivity contribution in [2.45, 2.75) is 33.1 Å². The van der Waals surface area contributed by atoms with Crippen LogP contribution < -0.4 is 0 Å². The van der Waals surface area contributed by atoms with Gasteiger partial charge >= 0.3 is 0 Å². The first-order valence-corrected chi connectivity index (χ1v) is 14.6. The van der Waals surface area contributed by atoms with E-state index >= 15 is 0 Å². The molecule has 4 nitrogen and oxygen atoms in total. The summed E-state index contributed by atoms with van der Waals surface area (Å²) in [5, 5.41) is 12.1. The lowest BCUT2D eigenvalue weighted by Crippen LogP contribution is -2.11. The molecule has 0 atom stereocenters. The number of aromatic nitrogens is 3. The smallest absolute Gasteiger partial charge is 0.149 e. The van der Waals surface area contributed by atoms with Crippen LogP contribution in [0.5, 0.6) is 5.75 Å². The number of rotatable bonds is 4. The van der Waals surface area contributed by atoms with E-state index in [1.807, 2.05) is 31.3 Å². The molecule has 0 aliphatic heterocycles. The van der Waals surface area contributed by atoms with E-state index in [1.165, 1.54) is 5.56 Å². The van der Waals surface area contributed by atoms with Crippen LogP contribution in [-0.4, -0.2) is 19.6 Å². The van der Waals surface area contributed by atoms with Crippen LogP contribution in [0.25, 0.3) is 61.3 Å². The maximum Gasteiger partial charge on any atom is 0.149 e. The molecule has 7 aromatic rings. The van der Waals surface area contributed by atoms with Crippen molar-refractivity contribution in [3.63, 3.8) is 0 Å². The summed E-state index contributed by atoms with van der Waals surface area (Å²) in [7, 11) is 0. The van der Waals surface area contributed by atoms with E-state index < -0.39 is 0 Å². The molecule has 4 heteroatoms. The zero-order chi connectivity index (χ0) is 29.7. The van der Waals surface area contributed by atoms with Crippen molar-refractivity contribution in [1.29, 1.82) is 0 Å². The fourth-order valence-electron chi connectivity index (χ4n) is 5.91. The Hall–Kier alpha value is -5.22. The van der Waals surface area contributed by atoms with Gasteiger partial charge in [0.25, 0.3) is 0 Å². The minimum atomic E-state index is 0.0466. The molecule has 5 aromatic carbocycles. The Balaban J connectivity index is 1.45. The number of hydrogen-bond donors (Lipinski definition) is 1. The Morgan fingerprint density at radius 3 is 2.07 bits per heavy atom. The Labute approximate surface area is 252 Å². The first-order valence-electron chi connectivity index (χ1n) is 14.6. The summed E-state index contributed by atoms with van der Waals surface area (Å²) >= 11 is 0. The van der Waals surface area contributed by atoms with Crippen molar-refractivity contribution in [1.82, 2.24) is 14.5 Å². The summed E-state index contributed by atoms with van der Waals surface area (Å²) in [6.45, 7) is 8.70. The van der Waals surface area contributed by atoms with Crippen molar-refractivity contribution >= 4 is 21.9 Å². The summed E-state index contributed by atoms with van der Waals surface area (Å²) in [5.41, 5.74) is 11.2. The number of aryl methyl sites for hydroxylation is 1. The SMILES string of the molecule is Cc1ccc(O)c(-c2nc3c(-c4cccc(-c5cccc6cccnc56)c4)cccc3n2-c2ccc(C(C)(C)C)cc2)c1. The Morgan fingerprint density at radius 1 is 0.651 bits per heavy atom. The van der Waals surface area contributed by atoms with Crippen LogP contribution in [0.1, 0.15) is 31.9 Å². The number of para-hydroxylation sites is 2. The summed E-state index contributed by atoms with van der Waals surface area (Å²) in [6, 6.07) is 39.6. The second-order valence-corrected chi connectivity index (χ2v) is 12.2. The van der Waals surface area contributed by atoms with Crippen LogP contribution >= 0.6 is 0 Å². The van der Waals surface area contributed by atoms with Crippen molar-refractivity contribution < 1.29 is 5.11 Å². The number of benzene rings is 5. The number of nitrogens with zero attached hydrogens (tertiary/aromatic N) is 3. The molecule has 1 N–H and O–H groups in total. The van der Waals surface area contributed by atoms with Gasteiger partial charge in [0, 0.05) is 28.4 Å². The highest BCUT2D eigenvalue weighted by atomic mass is 16.3. The van der Waals surface area contributed by atoms with Gasteiger partial charge in [0.05, 0.1) is 22.1 Å². The number of imidazole rings is 1. The molecular formula is C39H33N3O. The molecule has 7 rings (SSSR count). The fourth-order valence-corrected chi connectivity index (χ4v) is 5.91. The highest BCUT2D eigenvalue weighted by molar-refractivity contribution is 5.98. The summed E-state index contributed by atoms with van der Waals surface area (Å²) in [4.78, 5) is 9.94. The van der Waals surface area contributed by atoms with E-state index in [0.717, 1.165) is 55.4 Å². The Kier molecular flexibility index (Phi) is 6.36. The number of phenolic OH excluding ortho intramolecular Hbond substituents is 1. The minimum Gasteiger partial charge on any atom is -0.507 e. The topological polar surface area (TPSA) is 50.9 Å². The molecule has 0 unspecified atom stereocenters. The monoisotopic (exact) mass is 559 g/mol. The first kappa shape index (κ1) is 26.7. The van der Waals surface area contributed by atoms with Gasteiger partial charge in [-0.3, -0.25) is 9.55 Å². The summed E-state index contributed by atoms with van der Waals surface area (Å²) in [5.74, 6) is 0.919. The third kappa shape index (κ3) is 4.75. The van der Waals surface area contributed by atoms with Crippen molar-refractivity contribution in [2.75, 3.05) is 0 Å². The molecule has 0 aliphatic rings. The second-order valence-electron chi connectivity index (χ2n) is 12.2. The molecule has 43 heavy (non-hydrogen) atoms. The lowest BCUT2D eigenvalue weighted by molar-refractivity contribution is 0.476. The third-order valence-corrected chi connectivity index (χ3v) is 8.19. The molecule has 210 valence electrons. The van der Waals surface area contributed by atoms with Gasteiger partial charge in [-0.15, -0.1) is 0 Å². The summed E-state index contributed by atoms with van der Waals surface area (Å²) < 4.78 is 2.16. The zero-order valence-corrected chi connectivity index (χ0v) is 24.8. The molecule has 2 heterocycles. The van der Waals surface area contributed by atoms with Crippen molar-refractivity contribution in [3.05, 3.63) is 133 Å². The largest absolute Gasteiger partial charge is 0.507 e. The second kappa shape index (κ2) is 10.2. The van der Waals surface area contributed by atoms with Gasteiger partial charge in [-0.1, -0.05) is 99.1 Å². The zero-order valence-electron chi connectivity index (χ0n) is 24.8. The molecule has 0 saturated carbocycles. The van der Waals surface area contributed by atoms with Crippen LogP contribution in [0.4, 0.5) is 0 Å². The van der Waals surface area contributed by atoms with E-state index in [9.17, 15) is 5.11 Å². The van der Waals surface area contributed by atoms with Gasteiger partial charge in [0.2, 0.25) is 0 Å². The highest BCUT2D eigenvalue weighted by Crippen LogP contribution is 2.39. The molecule has 0 radical (unpaired) electrons. The van der Waals surface area contributed by atoms with E-state index in [4.69, 9.17) is 4.98 Å². The van der Waals surface area contributed by atoms with Gasteiger partial charge in [-0.2, -0.15) is 0 Å². The van der Waals surface area contributed by atoms with Crippen LogP contribution in [-0.2, 0) is 5.41 Å². The molecule has 0 bridgehead atoms. The number of pyridine rings is 1. The van der Waals surface area contributed by atoms with Gasteiger partial charge < -0.3 is 5.11 Å². The number of hydrogen-bond acceptors (Lipinski definition) is 3. The van der Waals surface area contributed by atoms with Crippen molar-refractivity contribution in [2.24, 2.45) is 0 Å². The normalized spacial score (nSPS) is 11.8.